The van der Waals surface area contributed by atoms with Gasteiger partial charge in [0.15, 0.2) is 0 Å². The van der Waals surface area contributed by atoms with Crippen LogP contribution in [0.2, 0.25) is 0 Å². The summed E-state index contributed by atoms with van der Waals surface area (Å²) in [4.78, 5) is 22.0. The van der Waals surface area contributed by atoms with Crippen LogP contribution in [0.3, 0.4) is 0 Å². The zero-order chi connectivity index (χ0) is 14.6. The summed E-state index contributed by atoms with van der Waals surface area (Å²) in [6.07, 6.45) is 0.466. The third-order valence-electron chi connectivity index (χ3n) is 2.90. The van der Waals surface area contributed by atoms with Crippen molar-refractivity contribution >= 4 is 17.3 Å². The quantitative estimate of drug-likeness (QED) is 0.623. The van der Waals surface area contributed by atoms with Crippen molar-refractivity contribution in [3.05, 3.63) is 28.3 Å². The van der Waals surface area contributed by atoms with Crippen molar-refractivity contribution in [2.75, 3.05) is 12.4 Å². The molecule has 0 saturated carbocycles. The summed E-state index contributed by atoms with van der Waals surface area (Å²) in [5, 5.41) is 13.3. The molecule has 0 aromatic heterocycles. The average Bonchev–Trinajstić information content (AvgIpc) is 2.38. The molecule has 104 valence electrons. The molecule has 0 bridgehead atoms. The fourth-order valence-electron chi connectivity index (χ4n) is 1.32. The molecule has 1 amide bonds. The first-order valence-corrected chi connectivity index (χ1v) is 5.74. The van der Waals surface area contributed by atoms with Crippen molar-refractivity contribution in [3.8, 4) is 5.75 Å². The van der Waals surface area contributed by atoms with Gasteiger partial charge in [-0.15, -0.1) is 0 Å². The molecule has 3 N–H and O–H groups in total. The van der Waals surface area contributed by atoms with Crippen LogP contribution in [0, 0.1) is 10.1 Å². The van der Waals surface area contributed by atoms with E-state index < -0.39 is 10.5 Å². The van der Waals surface area contributed by atoms with E-state index in [-0.39, 0.29) is 17.3 Å². The summed E-state index contributed by atoms with van der Waals surface area (Å²) >= 11 is 0. The summed E-state index contributed by atoms with van der Waals surface area (Å²) in [5.74, 6) is -0.156. The number of nitrogens with zero attached hydrogens (tertiary/aromatic N) is 1. The Morgan fingerprint density at radius 2 is 2.21 bits per heavy atom. The SMILES string of the molecule is CCC(C)(N)C(=O)Nc1ccc([N+](=O)[O-])cc1OC. The maximum Gasteiger partial charge on any atom is 0.273 e. The Kier molecular flexibility index (Phi) is 4.44. The molecule has 1 aromatic carbocycles. The van der Waals surface area contributed by atoms with Crippen LogP contribution in [0.15, 0.2) is 18.2 Å². The number of benzene rings is 1. The molecule has 0 aliphatic carbocycles. The van der Waals surface area contributed by atoms with Crippen molar-refractivity contribution in [3.63, 3.8) is 0 Å². The van der Waals surface area contributed by atoms with Gasteiger partial charge in [-0.05, 0) is 19.4 Å². The normalized spacial score (nSPS) is 13.5. The van der Waals surface area contributed by atoms with Gasteiger partial charge in [0.2, 0.25) is 5.91 Å². The number of nitro groups is 1. The highest BCUT2D eigenvalue weighted by atomic mass is 16.6. The summed E-state index contributed by atoms with van der Waals surface area (Å²) < 4.78 is 5.02. The summed E-state index contributed by atoms with van der Waals surface area (Å²) in [6.45, 7) is 3.41. The van der Waals surface area contributed by atoms with Crippen LogP contribution < -0.4 is 15.8 Å². The van der Waals surface area contributed by atoms with Gasteiger partial charge in [-0.25, -0.2) is 0 Å². The molecule has 1 atom stereocenters. The third-order valence-corrected chi connectivity index (χ3v) is 2.90. The number of nitrogens with one attached hydrogen (secondary N) is 1. The lowest BCUT2D eigenvalue weighted by Crippen LogP contribution is -2.47. The Labute approximate surface area is 110 Å². The second-order valence-corrected chi connectivity index (χ2v) is 4.37. The van der Waals surface area contributed by atoms with Crippen LogP contribution in [0.5, 0.6) is 5.75 Å². The molecule has 1 aromatic rings. The van der Waals surface area contributed by atoms with Gasteiger partial charge in [-0.2, -0.15) is 0 Å². The van der Waals surface area contributed by atoms with E-state index in [1.54, 1.807) is 13.8 Å². The molecule has 0 heterocycles. The van der Waals surface area contributed by atoms with Crippen LogP contribution >= 0.6 is 0 Å². The molecule has 7 heteroatoms. The monoisotopic (exact) mass is 267 g/mol. The number of carbonyl (C=O) groups excluding carboxylic acids is 1. The minimum Gasteiger partial charge on any atom is -0.494 e. The van der Waals surface area contributed by atoms with Crippen LogP contribution in [0.4, 0.5) is 11.4 Å². The molecule has 0 saturated heterocycles. The Hall–Kier alpha value is -2.15. The van der Waals surface area contributed by atoms with E-state index in [0.29, 0.717) is 12.1 Å². The molecule has 1 rings (SSSR count). The number of hydrogen-bond acceptors (Lipinski definition) is 5. The number of nitro benzene ring substituents is 1. The number of carbonyl (C=O) groups is 1. The molecule has 19 heavy (non-hydrogen) atoms. The van der Waals surface area contributed by atoms with E-state index in [1.165, 1.54) is 25.3 Å². The average molecular weight is 267 g/mol. The third kappa shape index (κ3) is 3.41. The summed E-state index contributed by atoms with van der Waals surface area (Å²) in [6, 6.07) is 3.95. The van der Waals surface area contributed by atoms with Gasteiger partial charge in [0.25, 0.3) is 5.69 Å². The molecular formula is C12H17N3O4. The van der Waals surface area contributed by atoms with E-state index in [4.69, 9.17) is 10.5 Å². The number of rotatable bonds is 5. The van der Waals surface area contributed by atoms with Crippen LogP contribution in [0.1, 0.15) is 20.3 Å². The topological polar surface area (TPSA) is 107 Å². The van der Waals surface area contributed by atoms with Crippen molar-refractivity contribution in [1.82, 2.24) is 0 Å². The van der Waals surface area contributed by atoms with E-state index in [1.807, 2.05) is 0 Å². The fourth-order valence-corrected chi connectivity index (χ4v) is 1.32. The van der Waals surface area contributed by atoms with E-state index in [9.17, 15) is 14.9 Å². The molecule has 0 radical (unpaired) electrons. The maximum absolute atomic E-state index is 11.9. The smallest absolute Gasteiger partial charge is 0.273 e. The Balaban J connectivity index is 3.02. The largest absolute Gasteiger partial charge is 0.494 e. The molecule has 0 aliphatic heterocycles. The molecular weight excluding hydrogens is 250 g/mol. The Bertz CT molecular complexity index is 500. The van der Waals surface area contributed by atoms with Crippen molar-refractivity contribution in [2.45, 2.75) is 25.8 Å². The lowest BCUT2D eigenvalue weighted by atomic mass is 9.99. The first-order valence-electron chi connectivity index (χ1n) is 5.74. The lowest BCUT2D eigenvalue weighted by Gasteiger charge is -2.22. The minimum absolute atomic E-state index is 0.110. The number of hydrogen-bond donors (Lipinski definition) is 2. The van der Waals surface area contributed by atoms with E-state index >= 15 is 0 Å². The number of amides is 1. The maximum atomic E-state index is 11.9. The first-order chi connectivity index (χ1) is 8.81. The minimum atomic E-state index is -1.01. The second kappa shape index (κ2) is 5.66. The van der Waals surface area contributed by atoms with Crippen molar-refractivity contribution in [1.29, 1.82) is 0 Å². The van der Waals surface area contributed by atoms with Gasteiger partial charge in [-0.1, -0.05) is 6.92 Å². The van der Waals surface area contributed by atoms with Crippen LogP contribution in [0.25, 0.3) is 0 Å². The molecule has 0 fully saturated rings. The highest BCUT2D eigenvalue weighted by molar-refractivity contribution is 5.98. The Morgan fingerprint density at radius 3 is 2.68 bits per heavy atom. The van der Waals surface area contributed by atoms with Crippen molar-refractivity contribution in [2.24, 2.45) is 5.73 Å². The van der Waals surface area contributed by atoms with Gasteiger partial charge in [0.05, 0.1) is 29.3 Å². The molecule has 0 spiro atoms. The number of methoxy groups -OCH3 is 1. The van der Waals surface area contributed by atoms with Gasteiger partial charge >= 0.3 is 0 Å². The summed E-state index contributed by atoms with van der Waals surface area (Å²) in [7, 11) is 1.37. The highest BCUT2D eigenvalue weighted by Crippen LogP contribution is 2.29. The molecule has 0 aliphatic rings. The van der Waals surface area contributed by atoms with Gasteiger partial charge in [0.1, 0.15) is 5.75 Å². The zero-order valence-corrected chi connectivity index (χ0v) is 11.1. The fraction of sp³-hybridized carbons (Fsp3) is 0.417. The Morgan fingerprint density at radius 1 is 1.58 bits per heavy atom. The predicted octanol–water partition coefficient (Wildman–Crippen LogP) is 1.67. The standard InChI is InChI=1S/C12H17N3O4/c1-4-12(2,13)11(16)14-9-6-5-8(15(17)18)7-10(9)19-3/h5-7H,4,13H2,1-3H3,(H,14,16). The number of anilines is 1. The predicted molar refractivity (Wildman–Crippen MR) is 71.2 cm³/mol. The van der Waals surface area contributed by atoms with E-state index in [2.05, 4.69) is 5.32 Å². The first kappa shape index (κ1) is 14.9. The highest BCUT2D eigenvalue weighted by Gasteiger charge is 2.27. The zero-order valence-electron chi connectivity index (χ0n) is 11.1. The summed E-state index contributed by atoms with van der Waals surface area (Å²) in [5.41, 5.74) is 5.05. The van der Waals surface area contributed by atoms with Gasteiger partial charge in [-0.3, -0.25) is 14.9 Å². The van der Waals surface area contributed by atoms with Gasteiger partial charge in [0, 0.05) is 6.07 Å². The van der Waals surface area contributed by atoms with Gasteiger partial charge < -0.3 is 15.8 Å². The van der Waals surface area contributed by atoms with Crippen LogP contribution in [-0.2, 0) is 4.79 Å². The molecule has 1 unspecified atom stereocenters. The lowest BCUT2D eigenvalue weighted by molar-refractivity contribution is -0.384. The van der Waals surface area contributed by atoms with E-state index in [0.717, 1.165) is 0 Å². The number of ether oxygens (including phenoxy) is 1. The van der Waals surface area contributed by atoms with Crippen LogP contribution in [-0.4, -0.2) is 23.5 Å². The van der Waals surface area contributed by atoms with Crippen molar-refractivity contribution < 1.29 is 14.5 Å². The number of non-ortho nitro benzene ring substituents is 1. The second-order valence-electron chi connectivity index (χ2n) is 4.37. The molecule has 7 nitrogen and oxygen atoms in total. The number of nitrogens with two attached hydrogens (primary N) is 1.